The fourth-order valence-corrected chi connectivity index (χ4v) is 8.89. The first-order chi connectivity index (χ1) is 25.7. The third-order valence-electron chi connectivity index (χ3n) is 7.34. The molecule has 13 nitrogen and oxygen atoms in total. The normalized spacial score (nSPS) is 12.6. The number of aryl methyl sites for hydroxylation is 1. The molecule has 0 bridgehead atoms. The summed E-state index contributed by atoms with van der Waals surface area (Å²) >= 11 is 2.32. The molecule has 0 saturated carbocycles. The molecule has 1 aromatic heterocycles. The van der Waals surface area contributed by atoms with Crippen LogP contribution in [0.4, 0.5) is 20.1 Å². The van der Waals surface area contributed by atoms with Crippen LogP contribution in [0.1, 0.15) is 93.0 Å². The number of thiophene rings is 1. The van der Waals surface area contributed by atoms with Crippen LogP contribution >= 0.6 is 23.1 Å². The number of ether oxygens (including phenoxy) is 3. The molecule has 16 heteroatoms. The van der Waals surface area contributed by atoms with Gasteiger partial charge in [0.25, 0.3) is 0 Å². The van der Waals surface area contributed by atoms with Crippen LogP contribution in [-0.4, -0.2) is 73.0 Å². The number of hydrogen-bond donors (Lipinski definition) is 3. The van der Waals surface area contributed by atoms with Gasteiger partial charge in [0.2, 0.25) is 15.8 Å². The molecule has 3 amide bonds. The van der Waals surface area contributed by atoms with Gasteiger partial charge in [0, 0.05) is 12.2 Å². The number of anilines is 1. The lowest BCUT2D eigenvalue weighted by Gasteiger charge is -2.29. The van der Waals surface area contributed by atoms with Crippen LogP contribution in [0, 0.1) is 18.3 Å². The highest BCUT2D eigenvalue weighted by Gasteiger charge is 2.29. The van der Waals surface area contributed by atoms with E-state index in [-0.39, 0.29) is 38.9 Å². The molecule has 0 radical (unpaired) electrons. The van der Waals surface area contributed by atoms with Crippen LogP contribution in [0.2, 0.25) is 0 Å². The molecule has 2 aromatic carbocycles. The molecule has 0 atom stereocenters. The average Bonchev–Trinajstić information content (AvgIpc) is 3.48. The minimum absolute atomic E-state index is 0.0259. The molecule has 0 fully saturated rings. The molecular formula is C40H55N5O8S3. The SMILES string of the molecule is CSc1sc(C(=N)NC(=O)OC(C)(C)C)cc1S(=O)(=O)c1cccc(-c2ccc(N/C(=N\C(=O)OC(C)(C)C)N(CCC(C)C)C(=O)OC(C)(C)C)cc2C)c1. The zero-order valence-corrected chi connectivity index (χ0v) is 36.9. The van der Waals surface area contributed by atoms with Gasteiger partial charge in [-0.25, -0.2) is 27.7 Å². The lowest BCUT2D eigenvalue weighted by molar-refractivity contribution is 0.0362. The quantitative estimate of drug-likeness (QED) is 0.0814. The predicted molar refractivity (Wildman–Crippen MR) is 224 cm³/mol. The molecule has 0 aliphatic rings. The van der Waals surface area contributed by atoms with Gasteiger partial charge in [-0.15, -0.1) is 28.1 Å². The number of nitrogens with zero attached hydrogens (tertiary/aromatic N) is 2. The van der Waals surface area contributed by atoms with Crippen LogP contribution in [0.15, 0.2) is 67.5 Å². The van der Waals surface area contributed by atoms with Crippen LogP contribution in [-0.2, 0) is 24.0 Å². The summed E-state index contributed by atoms with van der Waals surface area (Å²) < 4.78 is 45.0. The highest BCUT2D eigenvalue weighted by atomic mass is 32.2. The second-order valence-corrected chi connectivity index (χ2v) is 20.4. The van der Waals surface area contributed by atoms with Crippen molar-refractivity contribution in [2.75, 3.05) is 18.1 Å². The number of hydrogen-bond acceptors (Lipinski definition) is 11. The molecule has 306 valence electrons. The van der Waals surface area contributed by atoms with Crippen molar-refractivity contribution in [3.8, 4) is 11.1 Å². The summed E-state index contributed by atoms with van der Waals surface area (Å²) in [6, 6.07) is 13.3. The number of nitrogens with one attached hydrogen (secondary N) is 3. The molecule has 0 aliphatic carbocycles. The molecule has 0 aliphatic heterocycles. The van der Waals surface area contributed by atoms with E-state index in [0.717, 1.165) is 22.5 Å². The van der Waals surface area contributed by atoms with E-state index >= 15 is 0 Å². The lowest BCUT2D eigenvalue weighted by Crippen LogP contribution is -2.45. The minimum Gasteiger partial charge on any atom is -0.444 e. The first-order valence-corrected chi connectivity index (χ1v) is 21.5. The highest BCUT2D eigenvalue weighted by molar-refractivity contribution is 8.01. The average molecular weight is 830 g/mol. The monoisotopic (exact) mass is 829 g/mol. The van der Waals surface area contributed by atoms with Gasteiger partial charge in [-0.2, -0.15) is 0 Å². The molecular weight excluding hydrogens is 775 g/mol. The zero-order valence-electron chi connectivity index (χ0n) is 34.5. The topological polar surface area (TPSA) is 177 Å². The summed E-state index contributed by atoms with van der Waals surface area (Å²) in [6.07, 6.45) is -0.0354. The van der Waals surface area contributed by atoms with Crippen molar-refractivity contribution in [1.29, 1.82) is 5.41 Å². The number of rotatable bonds is 9. The van der Waals surface area contributed by atoms with Gasteiger partial charge in [0.1, 0.15) is 22.6 Å². The van der Waals surface area contributed by atoms with E-state index in [0.29, 0.717) is 21.9 Å². The number of aliphatic imine (C=N–C) groups is 1. The Balaban J connectivity index is 2.00. The second-order valence-electron chi connectivity index (χ2n) is 16.4. The largest absolute Gasteiger partial charge is 0.444 e. The van der Waals surface area contributed by atoms with Gasteiger partial charge in [0.05, 0.1) is 18.9 Å². The molecule has 3 N–H and O–H groups in total. The van der Waals surface area contributed by atoms with E-state index < -0.39 is 44.9 Å². The maximum atomic E-state index is 14.1. The highest BCUT2D eigenvalue weighted by Crippen LogP contribution is 2.38. The Morgan fingerprint density at radius 3 is 2.09 bits per heavy atom. The fourth-order valence-electron chi connectivity index (χ4n) is 4.94. The Morgan fingerprint density at radius 1 is 0.911 bits per heavy atom. The zero-order chi connectivity index (χ0) is 42.4. The van der Waals surface area contributed by atoms with Crippen molar-refractivity contribution in [3.63, 3.8) is 0 Å². The first kappa shape index (κ1) is 46.0. The van der Waals surface area contributed by atoms with Crippen LogP contribution < -0.4 is 10.6 Å². The minimum atomic E-state index is -4.06. The molecule has 0 saturated heterocycles. The van der Waals surface area contributed by atoms with Crippen LogP contribution in [0.3, 0.4) is 0 Å². The Labute approximate surface area is 339 Å². The second kappa shape index (κ2) is 18.2. The maximum Gasteiger partial charge on any atom is 0.437 e. The summed E-state index contributed by atoms with van der Waals surface area (Å²) in [5.74, 6) is -0.108. The van der Waals surface area contributed by atoms with E-state index in [1.54, 1.807) is 105 Å². The molecule has 3 aromatic rings. The van der Waals surface area contributed by atoms with E-state index in [1.165, 1.54) is 28.8 Å². The van der Waals surface area contributed by atoms with Crippen molar-refractivity contribution in [2.45, 2.75) is 120 Å². The number of benzene rings is 2. The number of carbonyl (C=O) groups excluding carboxylic acids is 3. The Morgan fingerprint density at radius 2 is 1.54 bits per heavy atom. The number of thioether (sulfide) groups is 1. The van der Waals surface area contributed by atoms with E-state index in [9.17, 15) is 22.8 Å². The Bertz CT molecular complexity index is 2070. The van der Waals surface area contributed by atoms with Crippen molar-refractivity contribution in [1.82, 2.24) is 10.2 Å². The Kier molecular flexibility index (Phi) is 15.0. The summed E-state index contributed by atoms with van der Waals surface area (Å²) in [4.78, 5) is 44.6. The Hall–Kier alpha value is -4.41. The van der Waals surface area contributed by atoms with Gasteiger partial charge in [0.15, 0.2) is 0 Å². The van der Waals surface area contributed by atoms with E-state index in [2.05, 4.69) is 15.6 Å². The summed E-state index contributed by atoms with van der Waals surface area (Å²) in [6.45, 7) is 21.6. The number of guanidine groups is 1. The summed E-state index contributed by atoms with van der Waals surface area (Å²) in [5.41, 5.74) is 0.228. The van der Waals surface area contributed by atoms with Crippen molar-refractivity contribution >= 4 is 68.7 Å². The van der Waals surface area contributed by atoms with Gasteiger partial charge in [-0.1, -0.05) is 32.0 Å². The third-order valence-corrected chi connectivity index (χ3v) is 11.7. The molecule has 56 heavy (non-hydrogen) atoms. The molecule has 0 unspecified atom stereocenters. The van der Waals surface area contributed by atoms with Crippen molar-refractivity contribution < 1.29 is 37.0 Å². The van der Waals surface area contributed by atoms with E-state index in [4.69, 9.17) is 19.6 Å². The molecule has 3 rings (SSSR count). The third kappa shape index (κ3) is 13.7. The lowest BCUT2D eigenvalue weighted by atomic mass is 10.00. The molecule has 1 heterocycles. The van der Waals surface area contributed by atoms with Gasteiger partial charge in [-0.05, 0) is 135 Å². The number of amides is 3. The summed E-state index contributed by atoms with van der Waals surface area (Å²) in [7, 11) is -4.06. The van der Waals surface area contributed by atoms with Gasteiger partial charge >= 0.3 is 18.3 Å². The standard InChI is InChI=1S/C40H55N5O8S3/c1-24(2)19-20-45(37(48)53-40(10,11)12)34(44-36(47)52-39(7,8)9)42-27-17-18-29(25(3)21-27)26-15-14-16-28(22-26)56(49,50)31-23-30(55-33(31)54-13)32(41)43-35(46)51-38(4,5)6/h14-18,21-24H,19-20H2,1-13H3,(H2,41,43,46)(H,42,44,47). The van der Waals surface area contributed by atoms with E-state index in [1.807, 2.05) is 20.8 Å². The van der Waals surface area contributed by atoms with Gasteiger partial charge < -0.3 is 19.5 Å². The smallest absolute Gasteiger partial charge is 0.437 e. The number of sulfone groups is 1. The fraction of sp³-hybridized carbons (Fsp3) is 0.475. The van der Waals surface area contributed by atoms with Crippen molar-refractivity contribution in [2.24, 2.45) is 10.9 Å². The van der Waals surface area contributed by atoms with Crippen molar-refractivity contribution in [3.05, 3.63) is 59.0 Å². The number of carbonyl (C=O) groups is 3. The number of alkyl carbamates (subject to hydrolysis) is 1. The first-order valence-electron chi connectivity index (χ1n) is 18.0. The van der Waals surface area contributed by atoms with Gasteiger partial charge in [-0.3, -0.25) is 10.7 Å². The van der Waals surface area contributed by atoms with Crippen LogP contribution in [0.25, 0.3) is 11.1 Å². The predicted octanol–water partition coefficient (Wildman–Crippen LogP) is 10.1. The summed E-state index contributed by atoms with van der Waals surface area (Å²) in [5, 5.41) is 13.9. The number of amidine groups is 1. The van der Waals surface area contributed by atoms with Crippen LogP contribution in [0.5, 0.6) is 0 Å². The maximum absolute atomic E-state index is 14.1. The molecule has 0 spiro atoms.